The number of rotatable bonds is 3. The Balaban J connectivity index is 2.06. The van der Waals surface area contributed by atoms with Gasteiger partial charge in [-0.25, -0.2) is 8.78 Å². The van der Waals surface area contributed by atoms with Crippen LogP contribution in [-0.4, -0.2) is 43.8 Å². The van der Waals surface area contributed by atoms with Crippen LogP contribution in [0.25, 0.3) is 0 Å². The summed E-state index contributed by atoms with van der Waals surface area (Å²) in [7, 11) is 0. The molecule has 0 radical (unpaired) electrons. The molecule has 0 bridgehead atoms. The highest BCUT2D eigenvalue weighted by atomic mass is 35.5. The molecule has 21 heavy (non-hydrogen) atoms. The molecule has 2 rings (SSSR count). The largest absolute Gasteiger partial charge is 0.401 e. The molecule has 8 heteroatoms. The Labute approximate surface area is 124 Å². The molecule has 1 aromatic rings. The standard InChI is InChI=1S/C13H14ClF5N2/c14-7-9-5-10(15)12(11(16)6-9)21-3-1-20(2-4-21)8-13(17,18)19/h5-6H,1-4,7-8H2. The summed E-state index contributed by atoms with van der Waals surface area (Å²) < 4.78 is 64.7. The minimum atomic E-state index is -4.26. The van der Waals surface area contributed by atoms with E-state index in [0.717, 1.165) is 12.1 Å². The van der Waals surface area contributed by atoms with Crippen molar-refractivity contribution in [2.45, 2.75) is 12.1 Å². The van der Waals surface area contributed by atoms with Crippen LogP contribution in [0.1, 0.15) is 5.56 Å². The van der Waals surface area contributed by atoms with Gasteiger partial charge < -0.3 is 4.90 Å². The van der Waals surface area contributed by atoms with Gasteiger partial charge in [-0.05, 0) is 17.7 Å². The maximum atomic E-state index is 13.9. The second-order valence-corrected chi connectivity index (χ2v) is 5.19. The van der Waals surface area contributed by atoms with Crippen molar-refractivity contribution in [3.8, 4) is 0 Å². The fourth-order valence-electron chi connectivity index (χ4n) is 2.38. The molecule has 1 aromatic carbocycles. The van der Waals surface area contributed by atoms with Gasteiger partial charge in [-0.15, -0.1) is 11.6 Å². The normalized spacial score (nSPS) is 17.3. The quantitative estimate of drug-likeness (QED) is 0.620. The summed E-state index contributed by atoms with van der Waals surface area (Å²) >= 11 is 5.53. The Morgan fingerprint density at radius 3 is 1.95 bits per heavy atom. The van der Waals surface area contributed by atoms with Crippen LogP contribution in [0.5, 0.6) is 0 Å². The van der Waals surface area contributed by atoms with Crippen LogP contribution in [-0.2, 0) is 5.88 Å². The fraction of sp³-hybridized carbons (Fsp3) is 0.538. The van der Waals surface area contributed by atoms with Crippen molar-refractivity contribution in [3.63, 3.8) is 0 Å². The molecule has 0 aromatic heterocycles. The molecule has 0 spiro atoms. The number of halogens is 6. The summed E-state index contributed by atoms with van der Waals surface area (Å²) in [4.78, 5) is 2.65. The molecule has 2 nitrogen and oxygen atoms in total. The molecule has 0 N–H and O–H groups in total. The molecule has 1 aliphatic rings. The molecule has 0 unspecified atom stereocenters. The smallest absolute Gasteiger partial charge is 0.364 e. The average molecular weight is 329 g/mol. The average Bonchev–Trinajstić information content (AvgIpc) is 2.38. The lowest BCUT2D eigenvalue weighted by molar-refractivity contribution is -0.146. The number of hydrogen-bond acceptors (Lipinski definition) is 2. The van der Waals surface area contributed by atoms with Crippen LogP contribution >= 0.6 is 11.6 Å². The van der Waals surface area contributed by atoms with Crippen LogP contribution in [0.15, 0.2) is 12.1 Å². The summed E-state index contributed by atoms with van der Waals surface area (Å²) in [5, 5.41) is 0. The summed E-state index contributed by atoms with van der Waals surface area (Å²) in [6.45, 7) is -0.503. The lowest BCUT2D eigenvalue weighted by Crippen LogP contribution is -2.49. The number of benzene rings is 1. The molecule has 0 saturated carbocycles. The molecule has 0 atom stereocenters. The molecule has 0 aliphatic carbocycles. The highest BCUT2D eigenvalue weighted by Gasteiger charge is 2.32. The molecule has 1 aliphatic heterocycles. The molecule has 0 amide bonds. The first kappa shape index (κ1) is 16.3. The van der Waals surface area contributed by atoms with Gasteiger partial charge in [0.1, 0.15) is 17.3 Å². The summed E-state index contributed by atoms with van der Waals surface area (Å²) in [6.07, 6.45) is -4.26. The Hall–Kier alpha value is -1.08. The molecule has 1 fully saturated rings. The number of alkyl halides is 4. The van der Waals surface area contributed by atoms with Crippen molar-refractivity contribution in [1.82, 2.24) is 4.90 Å². The van der Waals surface area contributed by atoms with Crippen LogP contribution < -0.4 is 4.90 Å². The number of anilines is 1. The Kier molecular flexibility index (Phi) is 4.93. The van der Waals surface area contributed by atoms with Crippen molar-refractivity contribution in [2.75, 3.05) is 37.6 Å². The third-order valence-corrected chi connectivity index (χ3v) is 3.63. The number of nitrogens with zero attached hydrogens (tertiary/aromatic N) is 2. The topological polar surface area (TPSA) is 6.48 Å². The van der Waals surface area contributed by atoms with Gasteiger partial charge in [0.05, 0.1) is 6.54 Å². The Morgan fingerprint density at radius 1 is 1.00 bits per heavy atom. The molecular formula is C13H14ClF5N2. The second-order valence-electron chi connectivity index (χ2n) is 4.92. The van der Waals surface area contributed by atoms with E-state index in [1.54, 1.807) is 0 Å². The first-order valence-electron chi connectivity index (χ1n) is 6.38. The Bertz CT molecular complexity index is 475. The van der Waals surface area contributed by atoms with Crippen LogP contribution in [0.3, 0.4) is 0 Å². The summed E-state index contributed by atoms with van der Waals surface area (Å²) in [6, 6.07) is 2.29. The van der Waals surface area contributed by atoms with Crippen molar-refractivity contribution in [2.24, 2.45) is 0 Å². The van der Waals surface area contributed by atoms with Crippen molar-refractivity contribution in [3.05, 3.63) is 29.3 Å². The van der Waals surface area contributed by atoms with Gasteiger partial charge in [0, 0.05) is 32.1 Å². The van der Waals surface area contributed by atoms with E-state index in [4.69, 9.17) is 11.6 Å². The highest BCUT2D eigenvalue weighted by molar-refractivity contribution is 6.17. The maximum absolute atomic E-state index is 13.9. The Morgan fingerprint density at radius 2 is 1.52 bits per heavy atom. The van der Waals surface area contributed by atoms with Crippen LogP contribution in [0.4, 0.5) is 27.6 Å². The fourth-order valence-corrected chi connectivity index (χ4v) is 2.53. The molecule has 118 valence electrons. The van der Waals surface area contributed by atoms with Gasteiger partial charge in [0.2, 0.25) is 0 Å². The summed E-state index contributed by atoms with van der Waals surface area (Å²) in [5.74, 6) is -1.49. The van der Waals surface area contributed by atoms with Gasteiger partial charge in [-0.1, -0.05) is 0 Å². The van der Waals surface area contributed by atoms with Crippen molar-refractivity contribution in [1.29, 1.82) is 0 Å². The second kappa shape index (κ2) is 6.36. The van der Waals surface area contributed by atoms with Gasteiger partial charge >= 0.3 is 6.18 Å². The van der Waals surface area contributed by atoms with E-state index in [2.05, 4.69) is 0 Å². The van der Waals surface area contributed by atoms with Crippen molar-refractivity contribution < 1.29 is 22.0 Å². The van der Waals surface area contributed by atoms with E-state index >= 15 is 0 Å². The first-order chi connectivity index (χ1) is 9.80. The third kappa shape index (κ3) is 4.20. The van der Waals surface area contributed by atoms with Crippen LogP contribution in [0.2, 0.25) is 0 Å². The molecular weight excluding hydrogens is 315 g/mol. The van der Waals surface area contributed by atoms with Gasteiger partial charge in [0.15, 0.2) is 0 Å². The first-order valence-corrected chi connectivity index (χ1v) is 6.91. The monoisotopic (exact) mass is 328 g/mol. The lowest BCUT2D eigenvalue weighted by Gasteiger charge is -2.36. The van der Waals surface area contributed by atoms with Gasteiger partial charge in [-0.3, -0.25) is 4.90 Å². The molecule has 1 saturated heterocycles. The predicted molar refractivity (Wildman–Crippen MR) is 70.6 cm³/mol. The van der Waals surface area contributed by atoms with E-state index in [1.807, 2.05) is 0 Å². The summed E-state index contributed by atoms with van der Waals surface area (Å²) in [5.41, 5.74) is 0.127. The third-order valence-electron chi connectivity index (χ3n) is 3.32. The van der Waals surface area contributed by atoms with Gasteiger partial charge in [-0.2, -0.15) is 13.2 Å². The predicted octanol–water partition coefficient (Wildman–Crippen LogP) is 3.39. The lowest BCUT2D eigenvalue weighted by atomic mass is 10.1. The minimum Gasteiger partial charge on any atom is -0.364 e. The minimum absolute atomic E-state index is 0.00647. The zero-order valence-corrected chi connectivity index (χ0v) is 11.8. The number of piperazine rings is 1. The van der Waals surface area contributed by atoms with Crippen LogP contribution in [0, 0.1) is 11.6 Å². The van der Waals surface area contributed by atoms with E-state index in [9.17, 15) is 22.0 Å². The molecule has 1 heterocycles. The maximum Gasteiger partial charge on any atom is 0.401 e. The SMILES string of the molecule is Fc1cc(CCl)cc(F)c1N1CCN(CC(F)(F)F)CC1. The van der Waals surface area contributed by atoms with E-state index in [1.165, 1.54) is 9.80 Å². The number of hydrogen-bond donors (Lipinski definition) is 0. The zero-order valence-electron chi connectivity index (χ0n) is 11.1. The van der Waals surface area contributed by atoms with E-state index < -0.39 is 24.4 Å². The van der Waals surface area contributed by atoms with E-state index in [0.29, 0.717) is 5.56 Å². The van der Waals surface area contributed by atoms with E-state index in [-0.39, 0.29) is 37.7 Å². The highest BCUT2D eigenvalue weighted by Crippen LogP contribution is 2.27. The zero-order chi connectivity index (χ0) is 15.6. The van der Waals surface area contributed by atoms with Crippen molar-refractivity contribution >= 4 is 17.3 Å². The van der Waals surface area contributed by atoms with Gasteiger partial charge in [0.25, 0.3) is 0 Å².